The van der Waals surface area contributed by atoms with E-state index >= 15 is 0 Å². The minimum absolute atomic E-state index is 0.154. The van der Waals surface area contributed by atoms with Crippen molar-refractivity contribution >= 4 is 6.02 Å². The third kappa shape index (κ3) is 0.751. The molecule has 1 saturated carbocycles. The van der Waals surface area contributed by atoms with Crippen LogP contribution < -0.4 is 5.73 Å². The summed E-state index contributed by atoms with van der Waals surface area (Å²) in [6.07, 6.45) is 1.08. The lowest BCUT2D eigenvalue weighted by molar-refractivity contribution is 0.224. The molecule has 0 saturated heterocycles. The van der Waals surface area contributed by atoms with E-state index in [0.717, 1.165) is 6.42 Å². The van der Waals surface area contributed by atoms with Gasteiger partial charge in [0.25, 0.3) is 6.02 Å². The van der Waals surface area contributed by atoms with Crippen LogP contribution in [0.1, 0.15) is 6.42 Å². The Morgan fingerprint density at radius 3 is 3.30 bits per heavy atom. The molecular weight excluding hydrogens is 135 g/mol. The number of hydrogen-bond donors (Lipinski definition) is 1. The van der Waals surface area contributed by atoms with Gasteiger partial charge in [-0.2, -0.15) is 0 Å². The molecule has 0 spiro atoms. The Labute approximate surface area is 58.1 Å². The second kappa shape index (κ2) is 1.84. The molecule has 2 N–H and O–H groups in total. The second-order valence-electron chi connectivity index (χ2n) is 2.74. The fourth-order valence-corrected chi connectivity index (χ4v) is 1.32. The summed E-state index contributed by atoms with van der Waals surface area (Å²) < 4.78 is 17.2. The first-order chi connectivity index (χ1) is 4.81. The molecule has 1 heterocycles. The Kier molecular flexibility index (Phi) is 1.09. The lowest BCUT2D eigenvalue weighted by atomic mass is 10.2. The average Bonchev–Trinajstić information content (AvgIpc) is 2.64. The molecule has 2 aliphatic rings. The highest BCUT2D eigenvalue weighted by molar-refractivity contribution is 5.73. The molecule has 4 heteroatoms. The van der Waals surface area contributed by atoms with Crippen molar-refractivity contribution in [2.45, 2.75) is 18.6 Å². The van der Waals surface area contributed by atoms with Crippen molar-refractivity contribution in [1.29, 1.82) is 0 Å². The molecule has 2 rings (SSSR count). The van der Waals surface area contributed by atoms with Gasteiger partial charge in [0.2, 0.25) is 0 Å². The van der Waals surface area contributed by atoms with E-state index in [1.54, 1.807) is 0 Å². The van der Waals surface area contributed by atoms with E-state index in [0.29, 0.717) is 5.92 Å². The number of nitrogens with zero attached hydrogens (tertiary/aromatic N) is 1. The maximum atomic E-state index is 12.1. The summed E-state index contributed by atoms with van der Waals surface area (Å²) in [7, 11) is 0. The molecule has 3 nitrogen and oxygen atoms in total. The molecular formula is C6H9FN2O. The van der Waals surface area contributed by atoms with Crippen LogP contribution in [0.2, 0.25) is 0 Å². The van der Waals surface area contributed by atoms with Gasteiger partial charge in [0.1, 0.15) is 12.8 Å². The molecule has 0 aromatic carbocycles. The third-order valence-electron chi connectivity index (χ3n) is 2.00. The Bertz CT molecular complexity index is 183. The fraction of sp³-hybridized carbons (Fsp3) is 0.833. The quantitative estimate of drug-likeness (QED) is 0.565. The zero-order valence-corrected chi connectivity index (χ0v) is 5.46. The van der Waals surface area contributed by atoms with Gasteiger partial charge in [-0.1, -0.05) is 0 Å². The van der Waals surface area contributed by atoms with Crippen LogP contribution in [0.5, 0.6) is 0 Å². The number of amidine groups is 1. The standard InChI is InChI=1S/C6H9FN2O/c7-2-4-3-1-5(3)10-6(8)9-4/h3-5H,1-2H2,(H2,8,9). The minimum atomic E-state index is -0.411. The van der Waals surface area contributed by atoms with Gasteiger partial charge >= 0.3 is 0 Å². The molecule has 0 bridgehead atoms. The van der Waals surface area contributed by atoms with Crippen LogP contribution in [0, 0.1) is 5.92 Å². The Hall–Kier alpha value is -0.800. The van der Waals surface area contributed by atoms with Gasteiger partial charge in [-0.25, -0.2) is 9.38 Å². The van der Waals surface area contributed by atoms with E-state index in [9.17, 15) is 4.39 Å². The summed E-state index contributed by atoms with van der Waals surface area (Å²) in [5.41, 5.74) is 5.28. The summed E-state index contributed by atoms with van der Waals surface area (Å²) in [5, 5.41) is 0. The Morgan fingerprint density at radius 1 is 1.80 bits per heavy atom. The molecule has 10 heavy (non-hydrogen) atoms. The lowest BCUT2D eigenvalue weighted by Gasteiger charge is -2.14. The number of alkyl halides is 1. The first-order valence-electron chi connectivity index (χ1n) is 3.37. The van der Waals surface area contributed by atoms with Crippen molar-refractivity contribution in [3.8, 4) is 0 Å². The summed E-state index contributed by atoms with van der Waals surface area (Å²) in [5.74, 6) is 0.303. The molecule has 3 unspecified atom stereocenters. The normalized spacial score (nSPS) is 43.3. The van der Waals surface area contributed by atoms with Crippen LogP contribution in [0.25, 0.3) is 0 Å². The molecule has 1 aliphatic carbocycles. The highest BCUT2D eigenvalue weighted by Crippen LogP contribution is 2.40. The summed E-state index contributed by atoms with van der Waals surface area (Å²) in [6, 6.07) is -0.0693. The van der Waals surface area contributed by atoms with E-state index in [4.69, 9.17) is 10.5 Å². The van der Waals surface area contributed by atoms with Crippen LogP contribution in [0.3, 0.4) is 0 Å². The smallest absolute Gasteiger partial charge is 0.282 e. The monoisotopic (exact) mass is 144 g/mol. The maximum absolute atomic E-state index is 12.1. The zero-order chi connectivity index (χ0) is 7.14. The fourth-order valence-electron chi connectivity index (χ4n) is 1.32. The Balaban J connectivity index is 2.11. The van der Waals surface area contributed by atoms with Gasteiger partial charge < -0.3 is 10.5 Å². The molecule has 56 valence electrons. The van der Waals surface area contributed by atoms with Gasteiger partial charge in [0.15, 0.2) is 0 Å². The molecule has 0 amide bonds. The molecule has 3 atom stereocenters. The van der Waals surface area contributed by atoms with Crippen LogP contribution in [-0.4, -0.2) is 24.8 Å². The number of rotatable bonds is 1. The predicted molar refractivity (Wildman–Crippen MR) is 34.4 cm³/mol. The largest absolute Gasteiger partial charge is 0.462 e. The SMILES string of the molecule is NC1=NC(CF)C2CC2O1. The minimum Gasteiger partial charge on any atom is -0.462 e. The molecule has 1 fully saturated rings. The van der Waals surface area contributed by atoms with Gasteiger partial charge in [-0.05, 0) is 6.42 Å². The van der Waals surface area contributed by atoms with Gasteiger partial charge in [0.05, 0.1) is 6.04 Å². The number of hydrogen-bond acceptors (Lipinski definition) is 3. The second-order valence-corrected chi connectivity index (χ2v) is 2.74. The van der Waals surface area contributed by atoms with E-state index in [2.05, 4.69) is 4.99 Å². The van der Waals surface area contributed by atoms with Gasteiger partial charge in [-0.15, -0.1) is 0 Å². The number of aliphatic imine (C=N–C) groups is 1. The van der Waals surface area contributed by atoms with Crippen molar-refractivity contribution in [2.75, 3.05) is 6.67 Å². The number of fused-ring (bicyclic) bond motifs is 1. The summed E-state index contributed by atoms with van der Waals surface area (Å²) in [4.78, 5) is 3.82. The van der Waals surface area contributed by atoms with Crippen molar-refractivity contribution < 1.29 is 9.13 Å². The topological polar surface area (TPSA) is 47.6 Å². The van der Waals surface area contributed by atoms with E-state index in [-0.39, 0.29) is 18.2 Å². The number of ether oxygens (including phenoxy) is 1. The van der Waals surface area contributed by atoms with Crippen molar-refractivity contribution in [3.05, 3.63) is 0 Å². The zero-order valence-electron chi connectivity index (χ0n) is 5.46. The van der Waals surface area contributed by atoms with E-state index in [1.807, 2.05) is 0 Å². The van der Waals surface area contributed by atoms with Crippen molar-refractivity contribution in [1.82, 2.24) is 0 Å². The van der Waals surface area contributed by atoms with Crippen LogP contribution in [0.4, 0.5) is 4.39 Å². The average molecular weight is 144 g/mol. The first kappa shape index (κ1) is 5.95. The van der Waals surface area contributed by atoms with Gasteiger partial charge in [-0.3, -0.25) is 0 Å². The van der Waals surface area contributed by atoms with Crippen molar-refractivity contribution in [2.24, 2.45) is 16.6 Å². The highest BCUT2D eigenvalue weighted by atomic mass is 19.1. The van der Waals surface area contributed by atoms with Gasteiger partial charge in [0, 0.05) is 5.92 Å². The third-order valence-corrected chi connectivity index (χ3v) is 2.00. The lowest BCUT2D eigenvalue weighted by Crippen LogP contribution is -2.29. The first-order valence-corrected chi connectivity index (χ1v) is 3.37. The summed E-state index contributed by atoms with van der Waals surface area (Å²) >= 11 is 0. The van der Waals surface area contributed by atoms with Crippen LogP contribution in [-0.2, 0) is 4.74 Å². The molecule has 0 aromatic rings. The molecule has 0 aromatic heterocycles. The van der Waals surface area contributed by atoms with E-state index < -0.39 is 6.67 Å². The highest BCUT2D eigenvalue weighted by Gasteiger charge is 2.48. The predicted octanol–water partition coefficient (Wildman–Crippen LogP) is 0.0579. The van der Waals surface area contributed by atoms with Crippen LogP contribution >= 0.6 is 0 Å². The van der Waals surface area contributed by atoms with Crippen LogP contribution in [0.15, 0.2) is 4.99 Å². The number of halogens is 1. The number of nitrogens with two attached hydrogens (primary N) is 1. The Morgan fingerprint density at radius 2 is 2.60 bits per heavy atom. The summed E-state index contributed by atoms with van der Waals surface area (Å²) in [6.45, 7) is -0.411. The molecule has 1 aliphatic heterocycles. The van der Waals surface area contributed by atoms with E-state index in [1.165, 1.54) is 0 Å². The molecule has 0 radical (unpaired) electrons. The van der Waals surface area contributed by atoms with Crippen molar-refractivity contribution in [3.63, 3.8) is 0 Å². The maximum Gasteiger partial charge on any atom is 0.282 e.